The van der Waals surface area contributed by atoms with Gasteiger partial charge in [-0.05, 0) is 32.6 Å². The molecule has 6 heteroatoms. The summed E-state index contributed by atoms with van der Waals surface area (Å²) in [7, 11) is 0. The smallest absolute Gasteiger partial charge is 0.321 e. The standard InChI is InChI=1S/C11H17N3O3/c1-7-5-9(14-17-7)12-10(16)13-11(2,6-15)8-3-4-8/h5,8,15H,3-4,6H2,1-2H3,(H2,12,13,14,16). The molecule has 2 amide bonds. The van der Waals surface area contributed by atoms with E-state index in [0.29, 0.717) is 17.5 Å². The summed E-state index contributed by atoms with van der Waals surface area (Å²) in [6.07, 6.45) is 2.08. The number of carbonyl (C=O) groups is 1. The minimum absolute atomic E-state index is 0.0665. The van der Waals surface area contributed by atoms with Crippen molar-refractivity contribution in [3.05, 3.63) is 11.8 Å². The lowest BCUT2D eigenvalue weighted by Crippen LogP contribution is -2.52. The van der Waals surface area contributed by atoms with E-state index in [1.54, 1.807) is 13.0 Å². The summed E-state index contributed by atoms with van der Waals surface area (Å²) in [5.74, 6) is 1.36. The maximum atomic E-state index is 11.7. The van der Waals surface area contributed by atoms with E-state index in [1.807, 2.05) is 6.92 Å². The van der Waals surface area contributed by atoms with Crippen LogP contribution in [0.3, 0.4) is 0 Å². The highest BCUT2D eigenvalue weighted by molar-refractivity contribution is 5.88. The average molecular weight is 239 g/mol. The first-order valence-corrected chi connectivity index (χ1v) is 5.67. The molecule has 1 saturated carbocycles. The Balaban J connectivity index is 1.92. The number of amides is 2. The monoisotopic (exact) mass is 239 g/mol. The highest BCUT2D eigenvalue weighted by atomic mass is 16.5. The van der Waals surface area contributed by atoms with E-state index >= 15 is 0 Å². The average Bonchev–Trinajstić information content (AvgIpc) is 3.04. The van der Waals surface area contributed by atoms with E-state index in [2.05, 4.69) is 15.8 Å². The molecule has 1 aromatic heterocycles. The van der Waals surface area contributed by atoms with E-state index in [9.17, 15) is 9.90 Å². The molecule has 1 aliphatic rings. The SMILES string of the molecule is Cc1cc(NC(=O)NC(C)(CO)C2CC2)no1. The highest BCUT2D eigenvalue weighted by Crippen LogP contribution is 2.39. The fourth-order valence-corrected chi connectivity index (χ4v) is 1.82. The van der Waals surface area contributed by atoms with Crippen molar-refractivity contribution in [2.45, 2.75) is 32.2 Å². The molecule has 3 N–H and O–H groups in total. The second-order valence-corrected chi connectivity index (χ2v) is 4.75. The third kappa shape index (κ3) is 2.76. The molecule has 1 heterocycles. The zero-order valence-corrected chi connectivity index (χ0v) is 9.99. The Morgan fingerprint density at radius 1 is 1.71 bits per heavy atom. The molecule has 0 spiro atoms. The number of aliphatic hydroxyl groups excluding tert-OH is 1. The molecule has 94 valence electrons. The fourth-order valence-electron chi connectivity index (χ4n) is 1.82. The molecule has 0 aliphatic heterocycles. The van der Waals surface area contributed by atoms with Crippen LogP contribution in [0.5, 0.6) is 0 Å². The summed E-state index contributed by atoms with van der Waals surface area (Å²) in [5.41, 5.74) is -0.553. The molecule has 1 atom stereocenters. The van der Waals surface area contributed by atoms with Crippen LogP contribution in [0.2, 0.25) is 0 Å². The minimum Gasteiger partial charge on any atom is -0.394 e. The van der Waals surface area contributed by atoms with Gasteiger partial charge in [-0.15, -0.1) is 0 Å². The van der Waals surface area contributed by atoms with E-state index in [1.165, 1.54) is 0 Å². The van der Waals surface area contributed by atoms with Crippen molar-refractivity contribution < 1.29 is 14.4 Å². The van der Waals surface area contributed by atoms with Crippen LogP contribution in [-0.4, -0.2) is 28.4 Å². The van der Waals surface area contributed by atoms with Crippen LogP contribution in [0.4, 0.5) is 10.6 Å². The van der Waals surface area contributed by atoms with E-state index < -0.39 is 5.54 Å². The zero-order valence-electron chi connectivity index (χ0n) is 9.99. The molecule has 1 aromatic rings. The van der Waals surface area contributed by atoms with Crippen molar-refractivity contribution in [2.75, 3.05) is 11.9 Å². The van der Waals surface area contributed by atoms with Gasteiger partial charge in [-0.2, -0.15) is 0 Å². The molecule has 0 saturated heterocycles. The topological polar surface area (TPSA) is 87.4 Å². The molecule has 1 aliphatic carbocycles. The van der Waals surface area contributed by atoms with Crippen LogP contribution in [0.15, 0.2) is 10.6 Å². The first-order valence-electron chi connectivity index (χ1n) is 5.67. The van der Waals surface area contributed by atoms with Crippen molar-refractivity contribution in [3.63, 3.8) is 0 Å². The number of rotatable bonds is 4. The van der Waals surface area contributed by atoms with Gasteiger partial charge in [-0.25, -0.2) is 4.79 Å². The van der Waals surface area contributed by atoms with Gasteiger partial charge in [-0.1, -0.05) is 5.16 Å². The number of urea groups is 1. The normalized spacial score (nSPS) is 18.5. The summed E-state index contributed by atoms with van der Waals surface area (Å²) in [5, 5.41) is 18.4. The highest BCUT2D eigenvalue weighted by Gasteiger charge is 2.42. The molecule has 0 aromatic carbocycles. The van der Waals surface area contributed by atoms with Crippen LogP contribution < -0.4 is 10.6 Å². The summed E-state index contributed by atoms with van der Waals surface area (Å²) in [4.78, 5) is 11.7. The van der Waals surface area contributed by atoms with Crippen molar-refractivity contribution in [3.8, 4) is 0 Å². The lowest BCUT2D eigenvalue weighted by molar-refractivity contribution is 0.159. The van der Waals surface area contributed by atoms with Crippen molar-refractivity contribution in [1.82, 2.24) is 10.5 Å². The van der Waals surface area contributed by atoms with Crippen molar-refractivity contribution in [1.29, 1.82) is 0 Å². The number of aromatic nitrogens is 1. The second-order valence-electron chi connectivity index (χ2n) is 4.75. The first kappa shape index (κ1) is 11.9. The maximum Gasteiger partial charge on any atom is 0.321 e. The number of hydrogen-bond donors (Lipinski definition) is 3. The Kier molecular flexibility index (Phi) is 3.06. The van der Waals surface area contributed by atoms with Gasteiger partial charge in [0.15, 0.2) is 5.82 Å². The van der Waals surface area contributed by atoms with Crippen molar-refractivity contribution in [2.24, 2.45) is 5.92 Å². The second kappa shape index (κ2) is 4.37. The Morgan fingerprint density at radius 3 is 2.88 bits per heavy atom. The molecule has 0 radical (unpaired) electrons. The van der Waals surface area contributed by atoms with Gasteiger partial charge in [0.05, 0.1) is 12.1 Å². The Labute approximate surface area is 99.4 Å². The Hall–Kier alpha value is -1.56. The van der Waals surface area contributed by atoms with Crippen LogP contribution in [-0.2, 0) is 0 Å². The van der Waals surface area contributed by atoms with Gasteiger partial charge in [0.1, 0.15) is 5.76 Å². The molecule has 17 heavy (non-hydrogen) atoms. The summed E-state index contributed by atoms with van der Waals surface area (Å²) >= 11 is 0. The number of hydrogen-bond acceptors (Lipinski definition) is 4. The van der Waals surface area contributed by atoms with Crippen LogP contribution in [0, 0.1) is 12.8 Å². The van der Waals surface area contributed by atoms with Crippen LogP contribution >= 0.6 is 0 Å². The van der Waals surface area contributed by atoms with E-state index in [-0.39, 0.29) is 12.6 Å². The van der Waals surface area contributed by atoms with Crippen molar-refractivity contribution >= 4 is 11.8 Å². The summed E-state index contributed by atoms with van der Waals surface area (Å²) in [6, 6.07) is 1.26. The predicted octanol–water partition coefficient (Wildman–Crippen LogP) is 1.27. The third-order valence-electron chi connectivity index (χ3n) is 3.08. The van der Waals surface area contributed by atoms with Crippen LogP contribution in [0.25, 0.3) is 0 Å². The van der Waals surface area contributed by atoms with Crippen LogP contribution in [0.1, 0.15) is 25.5 Å². The largest absolute Gasteiger partial charge is 0.394 e. The minimum atomic E-state index is -0.553. The Morgan fingerprint density at radius 2 is 2.41 bits per heavy atom. The maximum absolute atomic E-state index is 11.7. The van der Waals surface area contributed by atoms with Gasteiger partial charge < -0.3 is 14.9 Å². The molecule has 1 fully saturated rings. The molecule has 6 nitrogen and oxygen atoms in total. The van der Waals surface area contributed by atoms with Gasteiger partial charge in [0, 0.05) is 6.07 Å². The number of aliphatic hydroxyl groups is 1. The molecule has 1 unspecified atom stereocenters. The number of nitrogens with one attached hydrogen (secondary N) is 2. The Bertz CT molecular complexity index is 414. The fraction of sp³-hybridized carbons (Fsp3) is 0.636. The first-order chi connectivity index (χ1) is 8.03. The van der Waals surface area contributed by atoms with Gasteiger partial charge in [0.25, 0.3) is 0 Å². The zero-order chi connectivity index (χ0) is 12.5. The number of aryl methyl sites for hydroxylation is 1. The number of carbonyl (C=O) groups excluding carboxylic acids is 1. The quantitative estimate of drug-likeness (QED) is 0.738. The number of nitrogens with zero attached hydrogens (tertiary/aromatic N) is 1. The van der Waals surface area contributed by atoms with Gasteiger partial charge in [-0.3, -0.25) is 5.32 Å². The lowest BCUT2D eigenvalue weighted by Gasteiger charge is -2.28. The number of anilines is 1. The van der Waals surface area contributed by atoms with Gasteiger partial charge >= 0.3 is 6.03 Å². The third-order valence-corrected chi connectivity index (χ3v) is 3.08. The molecule has 2 rings (SSSR count). The predicted molar refractivity (Wildman–Crippen MR) is 61.6 cm³/mol. The molecular formula is C11H17N3O3. The summed E-state index contributed by atoms with van der Waals surface area (Å²) in [6.45, 7) is 3.53. The summed E-state index contributed by atoms with van der Waals surface area (Å²) < 4.78 is 4.84. The molecule has 0 bridgehead atoms. The van der Waals surface area contributed by atoms with E-state index in [0.717, 1.165) is 12.8 Å². The van der Waals surface area contributed by atoms with Gasteiger partial charge in [0.2, 0.25) is 0 Å². The lowest BCUT2D eigenvalue weighted by atomic mass is 9.97. The van der Waals surface area contributed by atoms with E-state index in [4.69, 9.17) is 4.52 Å². The molecular weight excluding hydrogens is 222 g/mol.